The first kappa shape index (κ1) is 18.2. The van der Waals surface area contributed by atoms with Crippen molar-refractivity contribution in [2.75, 3.05) is 0 Å². The molecule has 0 unspecified atom stereocenters. The standard InChI is InChI=1S/C27H28NO/c1-15(2)11-19-13-20-9-10-28(6)26-24-17(4)22-12-16(3)7-8-21(22)18(5)27(24)29-23(14-19)25(20)26/h7-10,12-15H,11H2,1-6H3/q+1. The molecule has 5 rings (SSSR count). The number of rotatable bonds is 2. The summed E-state index contributed by atoms with van der Waals surface area (Å²) in [6.07, 6.45) is 3.25. The molecule has 0 N–H and O–H groups in total. The van der Waals surface area contributed by atoms with Gasteiger partial charge < -0.3 is 4.74 Å². The lowest BCUT2D eigenvalue weighted by atomic mass is 9.88. The van der Waals surface area contributed by atoms with Gasteiger partial charge in [-0.15, -0.1) is 0 Å². The minimum atomic E-state index is 0.617. The molecule has 0 spiro atoms. The van der Waals surface area contributed by atoms with Gasteiger partial charge in [0.05, 0.1) is 10.9 Å². The van der Waals surface area contributed by atoms with E-state index in [1.54, 1.807) is 0 Å². The van der Waals surface area contributed by atoms with Crippen molar-refractivity contribution in [1.82, 2.24) is 0 Å². The molecule has 2 heterocycles. The van der Waals surface area contributed by atoms with Crippen LogP contribution in [-0.4, -0.2) is 0 Å². The highest BCUT2D eigenvalue weighted by molar-refractivity contribution is 6.06. The minimum Gasteiger partial charge on any atom is -0.455 e. The Morgan fingerprint density at radius 3 is 2.48 bits per heavy atom. The van der Waals surface area contributed by atoms with Gasteiger partial charge in [0.1, 0.15) is 18.5 Å². The Balaban J connectivity index is 1.91. The van der Waals surface area contributed by atoms with E-state index < -0.39 is 0 Å². The van der Waals surface area contributed by atoms with Crippen LogP contribution >= 0.6 is 0 Å². The highest BCUT2D eigenvalue weighted by Crippen LogP contribution is 2.50. The third kappa shape index (κ3) is 2.66. The molecule has 0 aliphatic carbocycles. The van der Waals surface area contributed by atoms with Crippen LogP contribution in [0.1, 0.15) is 36.1 Å². The van der Waals surface area contributed by atoms with Crippen LogP contribution in [-0.2, 0) is 13.5 Å². The van der Waals surface area contributed by atoms with Crippen LogP contribution in [0, 0.1) is 26.7 Å². The Kier molecular flexibility index (Phi) is 3.96. The summed E-state index contributed by atoms with van der Waals surface area (Å²) in [4.78, 5) is 0. The van der Waals surface area contributed by atoms with Gasteiger partial charge in [-0.25, -0.2) is 4.57 Å². The van der Waals surface area contributed by atoms with E-state index in [0.717, 1.165) is 17.9 Å². The average Bonchev–Trinajstić information content (AvgIpc) is 2.67. The maximum absolute atomic E-state index is 6.66. The zero-order chi connectivity index (χ0) is 20.4. The summed E-state index contributed by atoms with van der Waals surface area (Å²) in [5.74, 6) is 2.62. The normalized spacial score (nSPS) is 12.5. The summed E-state index contributed by atoms with van der Waals surface area (Å²) in [5.41, 5.74) is 7.65. The Hall–Kier alpha value is -2.87. The van der Waals surface area contributed by atoms with Crippen molar-refractivity contribution >= 4 is 21.5 Å². The molecule has 1 aliphatic heterocycles. The second kappa shape index (κ2) is 6.32. The third-order valence-corrected chi connectivity index (χ3v) is 6.28. The van der Waals surface area contributed by atoms with Crippen LogP contribution in [0.4, 0.5) is 0 Å². The fourth-order valence-corrected chi connectivity index (χ4v) is 4.93. The van der Waals surface area contributed by atoms with Crippen LogP contribution in [0.25, 0.3) is 32.8 Å². The van der Waals surface area contributed by atoms with Gasteiger partial charge in [0.2, 0.25) is 5.69 Å². The predicted molar refractivity (Wildman–Crippen MR) is 121 cm³/mol. The molecule has 2 heteroatoms. The zero-order valence-corrected chi connectivity index (χ0v) is 18.2. The predicted octanol–water partition coefficient (Wildman–Crippen LogP) is 6.71. The zero-order valence-electron chi connectivity index (χ0n) is 18.2. The number of hydrogen-bond acceptors (Lipinski definition) is 1. The number of benzene rings is 3. The molecule has 0 atom stereocenters. The molecule has 4 aromatic rings. The quantitative estimate of drug-likeness (QED) is 0.309. The van der Waals surface area contributed by atoms with Crippen molar-refractivity contribution < 1.29 is 9.30 Å². The van der Waals surface area contributed by atoms with Gasteiger partial charge >= 0.3 is 0 Å². The molecule has 146 valence electrons. The van der Waals surface area contributed by atoms with Crippen molar-refractivity contribution in [3.63, 3.8) is 0 Å². The van der Waals surface area contributed by atoms with Crippen molar-refractivity contribution in [3.8, 4) is 22.8 Å². The summed E-state index contributed by atoms with van der Waals surface area (Å²) >= 11 is 0. The molecule has 0 radical (unpaired) electrons. The molecular formula is C27H28NO+. The summed E-state index contributed by atoms with van der Waals surface area (Å²) in [7, 11) is 2.14. The van der Waals surface area contributed by atoms with Crippen molar-refractivity contribution in [2.24, 2.45) is 13.0 Å². The van der Waals surface area contributed by atoms with Crippen LogP contribution in [0.2, 0.25) is 0 Å². The lowest BCUT2D eigenvalue weighted by Crippen LogP contribution is -2.32. The lowest BCUT2D eigenvalue weighted by Gasteiger charge is -2.25. The van der Waals surface area contributed by atoms with Crippen LogP contribution < -0.4 is 9.30 Å². The summed E-state index contributed by atoms with van der Waals surface area (Å²) in [6.45, 7) is 11.1. The molecule has 3 aromatic carbocycles. The van der Waals surface area contributed by atoms with Gasteiger partial charge in [-0.05, 0) is 66.5 Å². The third-order valence-electron chi connectivity index (χ3n) is 6.28. The van der Waals surface area contributed by atoms with Crippen LogP contribution in [0.3, 0.4) is 0 Å². The van der Waals surface area contributed by atoms with E-state index in [2.05, 4.69) is 88.8 Å². The summed E-state index contributed by atoms with van der Waals surface area (Å²) < 4.78 is 8.92. The first-order chi connectivity index (χ1) is 13.8. The number of aryl methyl sites for hydroxylation is 4. The molecule has 0 bridgehead atoms. The second-order valence-electron chi connectivity index (χ2n) is 9.04. The molecule has 0 saturated carbocycles. The number of ether oxygens (including phenoxy) is 1. The Morgan fingerprint density at radius 1 is 0.931 bits per heavy atom. The fourth-order valence-electron chi connectivity index (χ4n) is 4.93. The second-order valence-corrected chi connectivity index (χ2v) is 9.04. The van der Waals surface area contributed by atoms with Gasteiger partial charge in [0, 0.05) is 11.6 Å². The van der Waals surface area contributed by atoms with Gasteiger partial charge in [-0.3, -0.25) is 0 Å². The Bertz CT molecular complexity index is 1310. The van der Waals surface area contributed by atoms with Crippen LogP contribution in [0.5, 0.6) is 11.5 Å². The van der Waals surface area contributed by atoms with Crippen molar-refractivity contribution in [1.29, 1.82) is 0 Å². The van der Waals surface area contributed by atoms with E-state index in [1.165, 1.54) is 55.1 Å². The number of hydrogen-bond donors (Lipinski definition) is 0. The van der Waals surface area contributed by atoms with E-state index in [-0.39, 0.29) is 0 Å². The molecule has 0 saturated heterocycles. The largest absolute Gasteiger partial charge is 0.455 e. The number of nitrogens with zero attached hydrogens (tertiary/aromatic N) is 1. The number of fused-ring (bicyclic) bond motifs is 3. The molecule has 1 aromatic heterocycles. The monoisotopic (exact) mass is 382 g/mol. The van der Waals surface area contributed by atoms with E-state index in [1.807, 2.05) is 0 Å². The van der Waals surface area contributed by atoms with Crippen molar-refractivity contribution in [3.05, 3.63) is 64.8 Å². The van der Waals surface area contributed by atoms with E-state index in [9.17, 15) is 0 Å². The maximum atomic E-state index is 6.66. The Morgan fingerprint density at radius 2 is 1.72 bits per heavy atom. The van der Waals surface area contributed by atoms with Gasteiger partial charge in [-0.1, -0.05) is 43.7 Å². The molecule has 29 heavy (non-hydrogen) atoms. The summed E-state index contributed by atoms with van der Waals surface area (Å²) in [5, 5.41) is 5.09. The topological polar surface area (TPSA) is 13.1 Å². The fraction of sp³-hybridized carbons (Fsp3) is 0.296. The van der Waals surface area contributed by atoms with E-state index >= 15 is 0 Å². The molecule has 0 fully saturated rings. The van der Waals surface area contributed by atoms with E-state index in [4.69, 9.17) is 4.74 Å². The smallest absolute Gasteiger partial charge is 0.228 e. The van der Waals surface area contributed by atoms with Gasteiger partial charge in [0.25, 0.3) is 0 Å². The lowest BCUT2D eigenvalue weighted by molar-refractivity contribution is -0.659. The SMILES string of the molecule is Cc1ccc2c(C)c3c(c(C)c2c1)-c1c2c(cc(CC(C)C)cc2cc[n+]1C)O3. The first-order valence-electron chi connectivity index (χ1n) is 10.5. The highest BCUT2D eigenvalue weighted by Gasteiger charge is 2.32. The van der Waals surface area contributed by atoms with E-state index in [0.29, 0.717) is 5.92 Å². The highest BCUT2D eigenvalue weighted by atomic mass is 16.5. The average molecular weight is 383 g/mol. The minimum absolute atomic E-state index is 0.617. The molecule has 0 amide bonds. The van der Waals surface area contributed by atoms with Crippen LogP contribution in [0.15, 0.2) is 42.6 Å². The molecular weight excluding hydrogens is 354 g/mol. The first-order valence-corrected chi connectivity index (χ1v) is 10.5. The molecule has 2 nitrogen and oxygen atoms in total. The van der Waals surface area contributed by atoms with Gasteiger partial charge in [0.15, 0.2) is 6.20 Å². The maximum Gasteiger partial charge on any atom is 0.228 e. The molecule has 1 aliphatic rings. The van der Waals surface area contributed by atoms with Crippen molar-refractivity contribution in [2.45, 2.75) is 41.0 Å². The Labute approximate surface area is 172 Å². The summed E-state index contributed by atoms with van der Waals surface area (Å²) in [6, 6.07) is 13.5. The van der Waals surface area contributed by atoms with Gasteiger partial charge in [-0.2, -0.15) is 0 Å². The number of pyridine rings is 1. The number of aromatic nitrogens is 1.